The summed E-state index contributed by atoms with van der Waals surface area (Å²) in [5.41, 5.74) is -3.82. The normalized spacial score (nSPS) is 24.8. The number of Topliss-reactive ketones (excluding diaryl/α,β-unsaturated/α-hetero) is 2. The van der Waals surface area contributed by atoms with Crippen molar-refractivity contribution < 1.29 is 14.0 Å². The van der Waals surface area contributed by atoms with Crippen molar-refractivity contribution in [3.05, 3.63) is 61.1 Å². The molecule has 2 unspecified atom stereocenters. The number of halogens is 2. The van der Waals surface area contributed by atoms with E-state index < -0.39 is 46.2 Å². The lowest BCUT2D eigenvalue weighted by atomic mass is 9.45. The molecule has 0 N–H and O–H groups in total. The Kier molecular flexibility index (Phi) is 5.34. The fourth-order valence-corrected chi connectivity index (χ4v) is 8.18. The first-order chi connectivity index (χ1) is 15.8. The van der Waals surface area contributed by atoms with E-state index in [2.05, 4.69) is 0 Å². The number of carbonyl (C=O) groups is 2. The molecule has 34 heavy (non-hydrogen) atoms. The van der Waals surface area contributed by atoms with Crippen LogP contribution >= 0.6 is 23.2 Å². The maximum absolute atomic E-state index is 13.6. The topological polar surface area (TPSA) is 112 Å². The second-order valence-electron chi connectivity index (χ2n) is 9.88. The maximum atomic E-state index is 13.6. The largest absolute Gasteiger partial charge is 0.422 e. The van der Waals surface area contributed by atoms with Crippen molar-refractivity contribution in [2.45, 2.75) is 39.4 Å². The van der Waals surface area contributed by atoms with Crippen molar-refractivity contribution in [2.24, 2.45) is 10.8 Å². The summed E-state index contributed by atoms with van der Waals surface area (Å²) < 4.78 is 5.52. The zero-order chi connectivity index (χ0) is 25.4. The van der Waals surface area contributed by atoms with Crippen LogP contribution in [0.25, 0.3) is 16.9 Å². The van der Waals surface area contributed by atoms with Gasteiger partial charge in [0.25, 0.3) is 0 Å². The van der Waals surface area contributed by atoms with E-state index in [4.69, 9.17) is 27.6 Å². The number of nitrogens with zero attached hydrogens (tertiary/aromatic N) is 2. The molecule has 0 radical (unpaired) electrons. The van der Waals surface area contributed by atoms with Gasteiger partial charge in [-0.05, 0) is 34.4 Å². The minimum absolute atomic E-state index is 0.0154. The van der Waals surface area contributed by atoms with Crippen molar-refractivity contribution in [3.63, 3.8) is 0 Å². The molecule has 0 aromatic rings. The van der Waals surface area contributed by atoms with Crippen molar-refractivity contribution in [1.29, 1.82) is 10.5 Å². The minimum atomic E-state index is -2.62. The predicted octanol–water partition coefficient (Wildman–Crippen LogP) is 5.37. The van der Waals surface area contributed by atoms with Crippen LogP contribution < -0.4 is 5.63 Å². The molecule has 0 saturated heterocycles. The van der Waals surface area contributed by atoms with Crippen LogP contribution in [-0.4, -0.2) is 19.6 Å². The van der Waals surface area contributed by atoms with Crippen LogP contribution in [-0.2, 0) is 9.59 Å². The average Bonchev–Trinajstić information content (AvgIpc) is 2.91. The third-order valence-electron chi connectivity index (χ3n) is 6.63. The summed E-state index contributed by atoms with van der Waals surface area (Å²) in [4.78, 5) is 40.3. The second-order valence-corrected chi connectivity index (χ2v) is 15.6. The van der Waals surface area contributed by atoms with E-state index in [0.717, 1.165) is 5.56 Å². The number of allylic oxidation sites excluding steroid dienone is 4. The number of hydrogen-bond acceptors (Lipinski definition) is 6. The lowest BCUT2D eigenvalue weighted by Crippen LogP contribution is -2.66. The number of nitriles is 2. The van der Waals surface area contributed by atoms with E-state index >= 15 is 0 Å². The minimum Gasteiger partial charge on any atom is -0.422 e. The third-order valence-corrected chi connectivity index (χ3v) is 9.57. The molecule has 9 heteroatoms. The lowest BCUT2D eigenvalue weighted by molar-refractivity contribution is -0.134. The molecule has 0 amide bonds. The molecule has 0 spiro atoms. The average molecular weight is 511 g/mol. The van der Waals surface area contributed by atoms with E-state index in [1.807, 2.05) is 51.7 Å². The highest BCUT2D eigenvalue weighted by atomic mass is 35.5. The van der Waals surface area contributed by atoms with Gasteiger partial charge in [-0.15, -0.1) is 0 Å². The van der Waals surface area contributed by atoms with Crippen LogP contribution in [0, 0.1) is 33.5 Å². The van der Waals surface area contributed by atoms with E-state index in [0.29, 0.717) is 10.8 Å². The summed E-state index contributed by atoms with van der Waals surface area (Å²) in [5, 5.41) is 19.9. The van der Waals surface area contributed by atoms with Gasteiger partial charge in [-0.3, -0.25) is 9.59 Å². The molecule has 2 atom stereocenters. The van der Waals surface area contributed by atoms with E-state index in [-0.39, 0.29) is 22.8 Å². The van der Waals surface area contributed by atoms with Crippen LogP contribution in [0.3, 0.4) is 0 Å². The number of carbonyl (C=O) groups excluding carboxylic acids is 2. The summed E-state index contributed by atoms with van der Waals surface area (Å²) in [6.07, 6.45) is 0. The summed E-state index contributed by atoms with van der Waals surface area (Å²) in [6.45, 7) is 9.60. The Hall–Kier alpha value is -2.97. The summed E-state index contributed by atoms with van der Waals surface area (Å²) in [7, 11) is -2.62. The molecule has 0 fully saturated rings. The second kappa shape index (κ2) is 7.51. The molecular formula is C25H20Cl2N2O4Si. The molecule has 6 nitrogen and oxygen atoms in total. The quantitative estimate of drug-likeness (QED) is 0.512. The van der Waals surface area contributed by atoms with Gasteiger partial charge in [-0.25, -0.2) is 4.79 Å². The SMILES string of the molecule is CC(C)c1cccc2oc(=O)c(C3=C([Si](C)(C)C)C4(C#N)C(=O)C(Cl)=C(Cl)C(=O)C34C#N)c-2c1. The Morgan fingerprint density at radius 2 is 1.53 bits per heavy atom. The lowest BCUT2D eigenvalue weighted by Gasteiger charge is -2.56. The Morgan fingerprint density at radius 3 is 2.03 bits per heavy atom. The van der Waals surface area contributed by atoms with Crippen molar-refractivity contribution >= 4 is 48.4 Å². The number of ketones is 2. The van der Waals surface area contributed by atoms with Gasteiger partial charge in [0.15, 0.2) is 10.8 Å². The van der Waals surface area contributed by atoms with Gasteiger partial charge in [-0.2, -0.15) is 10.5 Å². The van der Waals surface area contributed by atoms with Crippen molar-refractivity contribution in [2.75, 3.05) is 0 Å². The fourth-order valence-electron chi connectivity index (χ4n) is 5.18. The molecule has 0 bridgehead atoms. The summed E-state index contributed by atoms with van der Waals surface area (Å²) in [6, 6.07) is 11.0. The summed E-state index contributed by atoms with van der Waals surface area (Å²) in [5.74, 6) is -1.47. The number of furan rings is 1. The fraction of sp³-hybridized carbons (Fsp3) is 0.320. The number of fused-ring (bicyclic) bond motifs is 2. The molecule has 1 aliphatic heterocycles. The Balaban J connectivity index is 2.25. The molecule has 3 aliphatic carbocycles. The van der Waals surface area contributed by atoms with E-state index in [9.17, 15) is 24.9 Å². The zero-order valence-corrected chi connectivity index (χ0v) is 21.7. The molecule has 0 saturated carbocycles. The molecule has 172 valence electrons. The van der Waals surface area contributed by atoms with Gasteiger partial charge < -0.3 is 4.42 Å². The van der Waals surface area contributed by atoms with Gasteiger partial charge in [0.05, 0.1) is 25.8 Å². The van der Waals surface area contributed by atoms with Crippen LogP contribution in [0.2, 0.25) is 19.6 Å². The molecule has 0 aromatic heterocycles. The first-order valence-electron chi connectivity index (χ1n) is 10.6. The molecule has 1 heterocycles. The highest BCUT2D eigenvalue weighted by Crippen LogP contribution is 2.70. The predicted molar refractivity (Wildman–Crippen MR) is 131 cm³/mol. The van der Waals surface area contributed by atoms with Gasteiger partial charge in [0.2, 0.25) is 11.6 Å². The Morgan fingerprint density at radius 1 is 0.971 bits per heavy atom. The molecule has 4 aliphatic rings. The summed E-state index contributed by atoms with van der Waals surface area (Å²) >= 11 is 12.2. The van der Waals surface area contributed by atoms with Crippen LogP contribution in [0.15, 0.2) is 48.7 Å². The maximum Gasteiger partial charge on any atom is 0.344 e. The van der Waals surface area contributed by atoms with Crippen LogP contribution in [0.1, 0.15) is 30.9 Å². The van der Waals surface area contributed by atoms with Gasteiger partial charge >= 0.3 is 5.63 Å². The smallest absolute Gasteiger partial charge is 0.344 e. The third kappa shape index (κ3) is 2.69. The monoisotopic (exact) mass is 510 g/mol. The standard InChI is InChI=1S/C25H20Cl2N2O4Si/c1-12(2)13-7-6-8-15-14(9-13)16(23(32)33-15)17-22(34(3,4)5)25(11-29)21(31)19(27)18(26)20(30)24(17,25)10-28/h6-9,12H,1-5H3. The number of rotatable bonds is 3. The van der Waals surface area contributed by atoms with Gasteiger partial charge in [0, 0.05) is 5.56 Å². The molecular weight excluding hydrogens is 491 g/mol. The van der Waals surface area contributed by atoms with Crippen LogP contribution in [0.5, 0.6) is 0 Å². The van der Waals surface area contributed by atoms with Crippen LogP contribution in [0.4, 0.5) is 0 Å². The van der Waals surface area contributed by atoms with Gasteiger partial charge in [-0.1, -0.05) is 68.8 Å². The van der Waals surface area contributed by atoms with E-state index in [1.165, 1.54) is 0 Å². The Labute approximate surface area is 207 Å². The molecule has 4 rings (SSSR count). The highest BCUT2D eigenvalue weighted by Gasteiger charge is 2.78. The molecule has 0 aromatic carbocycles. The van der Waals surface area contributed by atoms with Crippen molar-refractivity contribution in [3.8, 4) is 23.5 Å². The van der Waals surface area contributed by atoms with Crippen molar-refractivity contribution in [1.82, 2.24) is 0 Å². The first kappa shape index (κ1) is 24.2. The van der Waals surface area contributed by atoms with Gasteiger partial charge in [0.1, 0.15) is 15.8 Å². The Bertz CT molecular complexity index is 1480. The highest BCUT2D eigenvalue weighted by molar-refractivity contribution is 6.86. The number of hydrogen-bond donors (Lipinski definition) is 0. The van der Waals surface area contributed by atoms with E-state index in [1.54, 1.807) is 18.2 Å². The zero-order valence-electron chi connectivity index (χ0n) is 19.2. The first-order valence-corrected chi connectivity index (χ1v) is 14.9.